The minimum Gasteiger partial charge on any atom is -0.430 e. The molecule has 2 aromatic rings. The second kappa shape index (κ2) is 12.4. The average molecular weight is 462 g/mol. The SMILES string of the molecule is C/C=C\C(=C/C)n1c(CC)nc2oc(SI)cc2c1=O.CC.CC. The molecule has 2 heterocycles. The molecule has 0 spiro atoms. The summed E-state index contributed by atoms with van der Waals surface area (Å²) in [5.41, 5.74) is 1.16. The Morgan fingerprint density at radius 2 is 1.96 bits per heavy atom. The first kappa shape index (κ1) is 23.0. The Kier molecular flexibility index (Phi) is 11.8. The van der Waals surface area contributed by atoms with Crippen molar-refractivity contribution in [3.63, 3.8) is 0 Å². The largest absolute Gasteiger partial charge is 0.430 e. The van der Waals surface area contributed by atoms with Crippen LogP contribution in [0.4, 0.5) is 0 Å². The van der Waals surface area contributed by atoms with Gasteiger partial charge in [0.25, 0.3) is 5.56 Å². The third-order valence-corrected chi connectivity index (χ3v) is 4.55. The van der Waals surface area contributed by atoms with Crippen molar-refractivity contribution in [3.8, 4) is 0 Å². The van der Waals surface area contributed by atoms with E-state index < -0.39 is 0 Å². The Morgan fingerprint density at radius 3 is 2.42 bits per heavy atom. The molecule has 6 heteroatoms. The Hall–Kier alpha value is -1.02. The lowest BCUT2D eigenvalue weighted by Crippen LogP contribution is -2.23. The highest BCUT2D eigenvalue weighted by molar-refractivity contribution is 14.2. The van der Waals surface area contributed by atoms with Gasteiger partial charge in [-0.2, -0.15) is 4.98 Å². The maximum Gasteiger partial charge on any atom is 0.269 e. The Balaban J connectivity index is 0.00000123. The minimum atomic E-state index is -0.0847. The van der Waals surface area contributed by atoms with Crippen molar-refractivity contribution < 1.29 is 4.42 Å². The zero-order chi connectivity index (χ0) is 18.7. The number of furan rings is 1. The summed E-state index contributed by atoms with van der Waals surface area (Å²) < 4.78 is 7.21. The monoisotopic (exact) mass is 462 g/mol. The number of fused-ring (bicyclic) bond motifs is 1. The Bertz CT molecular complexity index is 745. The predicted octanol–water partition coefficient (Wildman–Crippen LogP) is 6.48. The van der Waals surface area contributed by atoms with Crippen LogP contribution in [0, 0.1) is 0 Å². The van der Waals surface area contributed by atoms with E-state index in [0.29, 0.717) is 28.4 Å². The lowest BCUT2D eigenvalue weighted by Gasteiger charge is -2.11. The number of allylic oxidation sites excluding steroid dienone is 4. The summed E-state index contributed by atoms with van der Waals surface area (Å²) in [6.07, 6.45) is 6.38. The first-order valence-electron chi connectivity index (χ1n) is 8.29. The summed E-state index contributed by atoms with van der Waals surface area (Å²) in [6, 6.07) is 1.75. The van der Waals surface area contributed by atoms with E-state index in [2.05, 4.69) is 26.2 Å². The topological polar surface area (TPSA) is 48.0 Å². The molecule has 134 valence electrons. The minimum absolute atomic E-state index is 0.0847. The predicted molar refractivity (Wildman–Crippen MR) is 115 cm³/mol. The zero-order valence-electron chi connectivity index (χ0n) is 15.5. The van der Waals surface area contributed by atoms with E-state index in [-0.39, 0.29) is 5.56 Å². The van der Waals surface area contributed by atoms with Gasteiger partial charge in [0.1, 0.15) is 11.2 Å². The fourth-order valence-corrected chi connectivity index (χ4v) is 2.94. The molecule has 0 aliphatic heterocycles. The molecule has 0 aliphatic carbocycles. The van der Waals surface area contributed by atoms with Crippen molar-refractivity contribution in [2.75, 3.05) is 0 Å². The molecule has 0 N–H and O–H groups in total. The molecular formula is C18H27IN2O2S. The molecule has 0 aromatic carbocycles. The Morgan fingerprint density at radius 1 is 1.33 bits per heavy atom. The number of rotatable bonds is 4. The zero-order valence-corrected chi connectivity index (χ0v) is 18.5. The van der Waals surface area contributed by atoms with Gasteiger partial charge in [-0.1, -0.05) is 46.8 Å². The van der Waals surface area contributed by atoms with E-state index in [9.17, 15) is 4.79 Å². The summed E-state index contributed by atoms with van der Waals surface area (Å²) in [6.45, 7) is 13.8. The van der Waals surface area contributed by atoms with Gasteiger partial charge in [-0.25, -0.2) is 0 Å². The van der Waals surface area contributed by atoms with Crippen molar-refractivity contribution in [3.05, 3.63) is 40.5 Å². The smallest absolute Gasteiger partial charge is 0.269 e. The van der Waals surface area contributed by atoms with Crippen LogP contribution in [0.25, 0.3) is 16.8 Å². The highest BCUT2D eigenvalue weighted by atomic mass is 127. The molecule has 0 unspecified atom stereocenters. The number of halogens is 1. The summed E-state index contributed by atoms with van der Waals surface area (Å²) >= 11 is 2.12. The van der Waals surface area contributed by atoms with Crippen LogP contribution >= 0.6 is 30.1 Å². The van der Waals surface area contributed by atoms with Gasteiger partial charge in [-0.15, -0.1) is 0 Å². The molecular weight excluding hydrogens is 435 g/mol. The lowest BCUT2D eigenvalue weighted by molar-refractivity contribution is 0.505. The number of hydrogen-bond acceptors (Lipinski definition) is 4. The molecule has 0 fully saturated rings. The van der Waals surface area contributed by atoms with Gasteiger partial charge >= 0.3 is 0 Å². The van der Waals surface area contributed by atoms with Crippen molar-refractivity contribution in [1.82, 2.24) is 9.55 Å². The van der Waals surface area contributed by atoms with Crippen molar-refractivity contribution >= 4 is 46.9 Å². The van der Waals surface area contributed by atoms with Gasteiger partial charge in [0.05, 0.1) is 0 Å². The highest BCUT2D eigenvalue weighted by Gasteiger charge is 2.15. The lowest BCUT2D eigenvalue weighted by atomic mass is 10.3. The molecule has 4 nitrogen and oxygen atoms in total. The van der Waals surface area contributed by atoms with Crippen molar-refractivity contribution in [2.24, 2.45) is 0 Å². The molecule has 2 aromatic heterocycles. The second-order valence-electron chi connectivity index (χ2n) is 4.10. The fourth-order valence-electron chi connectivity index (χ4n) is 2.01. The molecule has 0 saturated heterocycles. The van der Waals surface area contributed by atoms with Gasteiger partial charge in [-0.3, -0.25) is 9.36 Å². The molecule has 0 saturated carbocycles. The molecule has 0 atom stereocenters. The van der Waals surface area contributed by atoms with E-state index in [0.717, 1.165) is 5.70 Å². The average Bonchev–Trinajstić information content (AvgIpc) is 3.07. The highest BCUT2D eigenvalue weighted by Crippen LogP contribution is 2.29. The van der Waals surface area contributed by atoms with Crippen molar-refractivity contribution in [2.45, 2.75) is 60.0 Å². The summed E-state index contributed by atoms with van der Waals surface area (Å²) in [5, 5.41) is 1.21. The number of aromatic nitrogens is 2. The third-order valence-electron chi connectivity index (χ3n) is 2.90. The van der Waals surface area contributed by atoms with Crippen LogP contribution in [-0.4, -0.2) is 9.55 Å². The van der Waals surface area contributed by atoms with E-state index in [4.69, 9.17) is 4.42 Å². The standard InChI is InChI=1S/C14H15IN2O2S.2C2H6/c1-4-7-9(5-2)17-11(6-3)16-13-10(14(17)18)8-12(19-13)20-15;2*1-2/h4-5,7-8H,6H2,1-3H3;2*1-2H3/b7-4-,9-5+;;. The van der Waals surface area contributed by atoms with E-state index >= 15 is 0 Å². The number of aryl methyl sites for hydroxylation is 1. The van der Waals surface area contributed by atoms with E-state index in [1.54, 1.807) is 10.6 Å². The molecule has 0 radical (unpaired) electrons. The van der Waals surface area contributed by atoms with Gasteiger partial charge in [-0.05, 0) is 28.9 Å². The summed E-state index contributed by atoms with van der Waals surface area (Å²) in [5.74, 6) is 0.702. The quantitative estimate of drug-likeness (QED) is 0.385. The van der Waals surface area contributed by atoms with Crippen LogP contribution in [0.3, 0.4) is 0 Å². The molecule has 0 aliphatic rings. The fraction of sp³-hybridized carbons (Fsp3) is 0.444. The molecule has 2 rings (SSSR count). The summed E-state index contributed by atoms with van der Waals surface area (Å²) in [4.78, 5) is 17.2. The second-order valence-corrected chi connectivity index (χ2v) is 5.97. The van der Waals surface area contributed by atoms with Crippen LogP contribution in [0.2, 0.25) is 0 Å². The molecule has 0 bridgehead atoms. The number of hydrogen-bond donors (Lipinski definition) is 0. The maximum atomic E-state index is 12.7. The van der Waals surface area contributed by atoms with Crippen molar-refractivity contribution in [1.29, 1.82) is 0 Å². The van der Waals surface area contributed by atoms with E-state index in [1.807, 2.05) is 66.7 Å². The van der Waals surface area contributed by atoms with Crippen LogP contribution in [0.1, 0.15) is 54.3 Å². The van der Waals surface area contributed by atoms with Crippen LogP contribution in [0.5, 0.6) is 0 Å². The number of nitrogens with zero attached hydrogens (tertiary/aromatic N) is 2. The first-order valence-corrected chi connectivity index (χ1v) is 11.7. The Labute approximate surface area is 161 Å². The van der Waals surface area contributed by atoms with Crippen LogP contribution < -0.4 is 5.56 Å². The van der Waals surface area contributed by atoms with Gasteiger partial charge in [0.2, 0.25) is 5.71 Å². The molecule has 0 amide bonds. The molecule has 24 heavy (non-hydrogen) atoms. The van der Waals surface area contributed by atoms with Crippen LogP contribution in [0.15, 0.2) is 38.6 Å². The van der Waals surface area contributed by atoms with E-state index in [1.165, 1.54) is 8.93 Å². The summed E-state index contributed by atoms with van der Waals surface area (Å²) in [7, 11) is 1.43. The van der Waals surface area contributed by atoms with Gasteiger partial charge < -0.3 is 4.42 Å². The van der Waals surface area contributed by atoms with Gasteiger partial charge in [0.15, 0.2) is 5.09 Å². The normalized spacial score (nSPS) is 11.1. The first-order chi connectivity index (χ1) is 11.7. The third kappa shape index (κ3) is 5.24. The van der Waals surface area contributed by atoms with Gasteiger partial charge in [0, 0.05) is 39.4 Å². The van der Waals surface area contributed by atoms with Crippen LogP contribution in [-0.2, 0) is 6.42 Å². The maximum absolute atomic E-state index is 12.7.